The van der Waals surface area contributed by atoms with Gasteiger partial charge in [-0.1, -0.05) is 41.3 Å². The average molecular weight is 348 g/mol. The zero-order valence-corrected chi connectivity index (χ0v) is 14.7. The van der Waals surface area contributed by atoms with E-state index in [4.69, 9.17) is 0 Å². The predicted octanol–water partition coefficient (Wildman–Crippen LogP) is 3.12. The SMILES string of the molecule is CSc1nnc(SCCCCC(C)(NC2CC2)C(=O)O)s1. The summed E-state index contributed by atoms with van der Waals surface area (Å²) in [6.07, 6.45) is 6.78. The van der Waals surface area contributed by atoms with Crippen LogP contribution in [0.15, 0.2) is 8.68 Å². The molecule has 8 heteroatoms. The van der Waals surface area contributed by atoms with Crippen LogP contribution >= 0.6 is 34.9 Å². The second-order valence-electron chi connectivity index (χ2n) is 5.40. The Morgan fingerprint density at radius 1 is 1.43 bits per heavy atom. The number of carbonyl (C=O) groups is 1. The monoisotopic (exact) mass is 347 g/mol. The summed E-state index contributed by atoms with van der Waals surface area (Å²) in [7, 11) is 0. The van der Waals surface area contributed by atoms with Crippen LogP contribution < -0.4 is 5.32 Å². The number of unbranched alkanes of at least 4 members (excludes halogenated alkanes) is 1. The maximum Gasteiger partial charge on any atom is 0.323 e. The summed E-state index contributed by atoms with van der Waals surface area (Å²) in [4.78, 5) is 11.4. The molecule has 0 spiro atoms. The van der Waals surface area contributed by atoms with Crippen molar-refractivity contribution in [3.63, 3.8) is 0 Å². The van der Waals surface area contributed by atoms with Gasteiger partial charge in [0, 0.05) is 11.8 Å². The van der Waals surface area contributed by atoms with Crippen molar-refractivity contribution in [2.45, 2.75) is 59.3 Å². The number of aliphatic carboxylic acids is 1. The third-order valence-electron chi connectivity index (χ3n) is 3.43. The molecule has 5 nitrogen and oxygen atoms in total. The van der Waals surface area contributed by atoms with Gasteiger partial charge in [0.05, 0.1) is 0 Å². The number of hydrogen-bond acceptors (Lipinski definition) is 7. The highest BCUT2D eigenvalue weighted by atomic mass is 32.2. The molecule has 0 radical (unpaired) electrons. The van der Waals surface area contributed by atoms with E-state index in [2.05, 4.69) is 15.5 Å². The van der Waals surface area contributed by atoms with E-state index in [1.54, 1.807) is 41.8 Å². The van der Waals surface area contributed by atoms with Gasteiger partial charge in [-0.05, 0) is 38.9 Å². The molecule has 0 aliphatic heterocycles. The van der Waals surface area contributed by atoms with Crippen LogP contribution in [0.5, 0.6) is 0 Å². The minimum Gasteiger partial charge on any atom is -0.480 e. The van der Waals surface area contributed by atoms with Gasteiger partial charge in [0.25, 0.3) is 0 Å². The number of carboxylic acid groups (broad SMARTS) is 1. The topological polar surface area (TPSA) is 75.1 Å². The van der Waals surface area contributed by atoms with Crippen molar-refractivity contribution in [3.8, 4) is 0 Å². The van der Waals surface area contributed by atoms with Gasteiger partial charge in [-0.15, -0.1) is 10.2 Å². The molecule has 1 aromatic rings. The average Bonchev–Trinajstić information content (AvgIpc) is 3.13. The molecule has 1 heterocycles. The van der Waals surface area contributed by atoms with E-state index in [0.717, 1.165) is 40.1 Å². The quantitative estimate of drug-likeness (QED) is 0.497. The van der Waals surface area contributed by atoms with Crippen molar-refractivity contribution in [2.75, 3.05) is 12.0 Å². The molecular formula is C13H21N3O2S3. The molecule has 1 saturated carbocycles. The van der Waals surface area contributed by atoms with Gasteiger partial charge in [-0.25, -0.2) is 0 Å². The molecule has 0 aromatic carbocycles. The van der Waals surface area contributed by atoms with Crippen molar-refractivity contribution in [2.24, 2.45) is 0 Å². The molecule has 2 rings (SSSR count). The lowest BCUT2D eigenvalue weighted by Gasteiger charge is -2.26. The molecular weight excluding hydrogens is 326 g/mol. The smallest absolute Gasteiger partial charge is 0.323 e. The summed E-state index contributed by atoms with van der Waals surface area (Å²) < 4.78 is 1.99. The van der Waals surface area contributed by atoms with Crippen LogP contribution in [-0.4, -0.2) is 44.9 Å². The lowest BCUT2D eigenvalue weighted by Crippen LogP contribution is -2.50. The highest BCUT2D eigenvalue weighted by molar-refractivity contribution is 8.02. The fourth-order valence-corrected chi connectivity index (χ4v) is 4.50. The van der Waals surface area contributed by atoms with Gasteiger partial charge in [0.1, 0.15) is 5.54 Å². The van der Waals surface area contributed by atoms with Crippen molar-refractivity contribution in [3.05, 3.63) is 0 Å². The van der Waals surface area contributed by atoms with Crippen LogP contribution in [0.25, 0.3) is 0 Å². The Hall–Kier alpha value is -0.310. The van der Waals surface area contributed by atoms with Crippen molar-refractivity contribution >= 4 is 40.8 Å². The number of rotatable bonds is 10. The normalized spacial score (nSPS) is 17.6. The first-order valence-corrected chi connectivity index (χ1v) is 10.1. The number of hydrogen-bond donors (Lipinski definition) is 2. The van der Waals surface area contributed by atoms with Crippen LogP contribution in [0, 0.1) is 0 Å². The Kier molecular flexibility index (Phi) is 6.34. The van der Waals surface area contributed by atoms with Gasteiger partial charge in [-0.3, -0.25) is 10.1 Å². The van der Waals surface area contributed by atoms with Gasteiger partial charge < -0.3 is 5.11 Å². The molecule has 1 fully saturated rings. The minimum absolute atomic E-state index is 0.409. The number of thioether (sulfide) groups is 2. The second kappa shape index (κ2) is 7.80. The summed E-state index contributed by atoms with van der Waals surface area (Å²) in [6, 6.07) is 0.409. The molecule has 0 bridgehead atoms. The van der Waals surface area contributed by atoms with Crippen LogP contribution in [0.4, 0.5) is 0 Å². The number of carboxylic acids is 1. The van der Waals surface area contributed by atoms with Gasteiger partial charge >= 0.3 is 5.97 Å². The fourth-order valence-electron chi connectivity index (χ4n) is 2.00. The molecule has 0 saturated heterocycles. The molecule has 0 amide bonds. The molecule has 118 valence electrons. The molecule has 21 heavy (non-hydrogen) atoms. The Bertz CT molecular complexity index is 479. The third kappa shape index (κ3) is 5.43. The van der Waals surface area contributed by atoms with Crippen LogP contribution in [0.3, 0.4) is 0 Å². The van der Waals surface area contributed by atoms with Crippen molar-refractivity contribution < 1.29 is 9.90 Å². The second-order valence-corrected chi connectivity index (χ2v) is 8.77. The van der Waals surface area contributed by atoms with E-state index in [1.807, 2.05) is 6.26 Å². The molecule has 1 unspecified atom stereocenters. The zero-order valence-electron chi connectivity index (χ0n) is 12.3. The Morgan fingerprint density at radius 3 is 2.71 bits per heavy atom. The predicted molar refractivity (Wildman–Crippen MR) is 88.5 cm³/mol. The molecule has 2 N–H and O–H groups in total. The van der Waals surface area contributed by atoms with Crippen LogP contribution in [0.2, 0.25) is 0 Å². The first-order valence-electron chi connectivity index (χ1n) is 7.05. The Morgan fingerprint density at radius 2 is 2.14 bits per heavy atom. The molecule has 1 aliphatic rings. The van der Waals surface area contributed by atoms with Gasteiger partial charge in [0.15, 0.2) is 8.68 Å². The van der Waals surface area contributed by atoms with E-state index in [1.165, 1.54) is 0 Å². The Labute approximate surface area is 137 Å². The van der Waals surface area contributed by atoms with Crippen molar-refractivity contribution in [1.82, 2.24) is 15.5 Å². The fraction of sp³-hybridized carbons (Fsp3) is 0.769. The highest BCUT2D eigenvalue weighted by Gasteiger charge is 2.37. The first kappa shape index (κ1) is 17.1. The molecule has 1 aromatic heterocycles. The minimum atomic E-state index is -0.777. The maximum atomic E-state index is 11.4. The number of nitrogens with one attached hydrogen (secondary N) is 1. The largest absolute Gasteiger partial charge is 0.480 e. The van der Waals surface area contributed by atoms with Crippen LogP contribution in [-0.2, 0) is 4.79 Å². The number of aromatic nitrogens is 2. The van der Waals surface area contributed by atoms with E-state index < -0.39 is 11.5 Å². The lowest BCUT2D eigenvalue weighted by molar-refractivity contribution is -0.144. The number of nitrogens with zero attached hydrogens (tertiary/aromatic N) is 2. The summed E-state index contributed by atoms with van der Waals surface area (Å²) in [6.45, 7) is 1.80. The van der Waals surface area contributed by atoms with E-state index >= 15 is 0 Å². The summed E-state index contributed by atoms with van der Waals surface area (Å²) in [5.41, 5.74) is -0.777. The molecule has 1 atom stereocenters. The van der Waals surface area contributed by atoms with Crippen LogP contribution in [0.1, 0.15) is 39.0 Å². The summed E-state index contributed by atoms with van der Waals surface area (Å²) >= 11 is 4.93. The maximum absolute atomic E-state index is 11.4. The van der Waals surface area contributed by atoms with Crippen molar-refractivity contribution in [1.29, 1.82) is 0 Å². The van der Waals surface area contributed by atoms with E-state index in [9.17, 15) is 9.90 Å². The standard InChI is InChI=1S/C13H21N3O2S3/c1-13(10(17)18,14-9-5-6-9)7-3-4-8-20-12-16-15-11(19-2)21-12/h9,14H,3-8H2,1-2H3,(H,17,18). The summed E-state index contributed by atoms with van der Waals surface area (Å²) in [5.74, 6) is 0.220. The van der Waals surface area contributed by atoms with Gasteiger partial charge in [-0.2, -0.15) is 0 Å². The third-order valence-corrected chi connectivity index (χ3v) is 6.55. The van der Waals surface area contributed by atoms with E-state index in [-0.39, 0.29) is 0 Å². The first-order chi connectivity index (χ1) is 10.0. The van der Waals surface area contributed by atoms with Gasteiger partial charge in [0.2, 0.25) is 0 Å². The lowest BCUT2D eigenvalue weighted by atomic mass is 9.95. The molecule has 1 aliphatic carbocycles. The zero-order chi connectivity index (χ0) is 15.3. The highest BCUT2D eigenvalue weighted by Crippen LogP contribution is 2.29. The Balaban J connectivity index is 1.66. The van der Waals surface area contributed by atoms with E-state index in [0.29, 0.717) is 12.5 Å². The summed E-state index contributed by atoms with van der Waals surface area (Å²) in [5, 5.41) is 20.8.